The van der Waals surface area contributed by atoms with Crippen LogP contribution in [0.5, 0.6) is 5.75 Å². The normalized spacial score (nSPS) is 12.1. The van der Waals surface area contributed by atoms with Gasteiger partial charge in [-0.15, -0.1) is 0 Å². The lowest BCUT2D eigenvalue weighted by Gasteiger charge is -2.13. The van der Waals surface area contributed by atoms with Crippen LogP contribution in [0.1, 0.15) is 24.9 Å². The summed E-state index contributed by atoms with van der Waals surface area (Å²) in [6.07, 6.45) is 2.56. The summed E-state index contributed by atoms with van der Waals surface area (Å²) in [5.41, 5.74) is 6.91. The van der Waals surface area contributed by atoms with Crippen LogP contribution in [-0.2, 0) is 6.54 Å². The minimum absolute atomic E-state index is 0.147. The lowest BCUT2D eigenvalue weighted by atomic mass is 10.1. The third-order valence-electron chi connectivity index (χ3n) is 2.94. The molecular formula is C15H19N3O2. The van der Waals surface area contributed by atoms with E-state index in [4.69, 9.17) is 10.5 Å². The van der Waals surface area contributed by atoms with Gasteiger partial charge >= 0.3 is 0 Å². The minimum atomic E-state index is -0.275. The van der Waals surface area contributed by atoms with Gasteiger partial charge in [0.05, 0.1) is 13.2 Å². The zero-order chi connectivity index (χ0) is 14.4. The van der Waals surface area contributed by atoms with Gasteiger partial charge in [0.15, 0.2) is 0 Å². The van der Waals surface area contributed by atoms with E-state index in [1.807, 2.05) is 24.3 Å². The molecule has 0 saturated heterocycles. The predicted molar refractivity (Wildman–Crippen MR) is 77.7 cm³/mol. The quantitative estimate of drug-likeness (QED) is 0.870. The Morgan fingerprint density at radius 3 is 2.70 bits per heavy atom. The van der Waals surface area contributed by atoms with Crippen LogP contribution in [0.2, 0.25) is 0 Å². The van der Waals surface area contributed by atoms with E-state index >= 15 is 0 Å². The summed E-state index contributed by atoms with van der Waals surface area (Å²) in [6.45, 7) is 3.12. The van der Waals surface area contributed by atoms with E-state index in [0.29, 0.717) is 13.2 Å². The van der Waals surface area contributed by atoms with Crippen LogP contribution in [0, 0.1) is 0 Å². The third kappa shape index (κ3) is 3.68. The van der Waals surface area contributed by atoms with Gasteiger partial charge < -0.3 is 10.5 Å². The Morgan fingerprint density at radius 1 is 1.30 bits per heavy atom. The number of rotatable bonds is 6. The summed E-state index contributed by atoms with van der Waals surface area (Å²) in [7, 11) is 0. The topological polar surface area (TPSA) is 70.1 Å². The molecule has 0 aliphatic rings. The molecule has 0 aliphatic heterocycles. The van der Waals surface area contributed by atoms with Crippen LogP contribution in [0.4, 0.5) is 0 Å². The summed E-state index contributed by atoms with van der Waals surface area (Å²) in [5, 5.41) is 4.00. The molecule has 2 aromatic rings. The van der Waals surface area contributed by atoms with Gasteiger partial charge in [-0.2, -0.15) is 5.10 Å². The van der Waals surface area contributed by atoms with Crippen molar-refractivity contribution in [1.29, 1.82) is 0 Å². The van der Waals surface area contributed by atoms with Crippen LogP contribution in [0.25, 0.3) is 0 Å². The van der Waals surface area contributed by atoms with Gasteiger partial charge in [0, 0.05) is 18.3 Å². The number of ether oxygens (including phenoxy) is 1. The van der Waals surface area contributed by atoms with Crippen molar-refractivity contribution < 1.29 is 4.74 Å². The number of nitrogens with zero attached hydrogens (tertiary/aromatic N) is 2. The van der Waals surface area contributed by atoms with Crippen molar-refractivity contribution >= 4 is 0 Å². The average Bonchev–Trinajstić information content (AvgIpc) is 2.48. The minimum Gasteiger partial charge on any atom is -0.494 e. The molecule has 5 heteroatoms. The standard InChI is InChI=1S/C15H19N3O2/c1-2-10-20-13-7-5-12(6-8-13)14(16)11-18-15(19)4-3-9-17-18/h3-9,14H,2,10-11,16H2,1H3. The summed E-state index contributed by atoms with van der Waals surface area (Å²) >= 11 is 0. The first-order chi connectivity index (χ1) is 9.70. The highest BCUT2D eigenvalue weighted by Crippen LogP contribution is 2.17. The Bertz CT molecular complexity index is 593. The van der Waals surface area contributed by atoms with Crippen LogP contribution >= 0.6 is 0 Å². The maximum Gasteiger partial charge on any atom is 0.266 e. The Balaban J connectivity index is 2.04. The zero-order valence-corrected chi connectivity index (χ0v) is 11.5. The van der Waals surface area contributed by atoms with E-state index in [0.717, 1.165) is 17.7 Å². The second kappa shape index (κ2) is 6.86. The van der Waals surface area contributed by atoms with Crippen molar-refractivity contribution in [3.63, 3.8) is 0 Å². The van der Waals surface area contributed by atoms with Crippen molar-refractivity contribution in [3.8, 4) is 5.75 Å². The van der Waals surface area contributed by atoms with Crippen molar-refractivity contribution in [2.75, 3.05) is 6.61 Å². The largest absolute Gasteiger partial charge is 0.494 e. The van der Waals surface area contributed by atoms with Crippen molar-refractivity contribution in [3.05, 3.63) is 58.5 Å². The summed E-state index contributed by atoms with van der Waals surface area (Å²) in [6, 6.07) is 10.4. The number of hydrogen-bond acceptors (Lipinski definition) is 4. The molecule has 0 amide bonds. The molecule has 2 N–H and O–H groups in total. The molecule has 0 fully saturated rings. The van der Waals surface area contributed by atoms with Gasteiger partial charge in [-0.25, -0.2) is 4.68 Å². The number of nitrogens with two attached hydrogens (primary N) is 1. The lowest BCUT2D eigenvalue weighted by molar-refractivity contribution is 0.317. The van der Waals surface area contributed by atoms with E-state index in [-0.39, 0.29) is 11.6 Å². The Labute approximate surface area is 118 Å². The molecule has 1 heterocycles. The average molecular weight is 273 g/mol. The van der Waals surface area contributed by atoms with E-state index in [2.05, 4.69) is 12.0 Å². The number of benzene rings is 1. The van der Waals surface area contributed by atoms with Crippen LogP contribution in [0.15, 0.2) is 47.4 Å². The van der Waals surface area contributed by atoms with Gasteiger partial charge in [0.2, 0.25) is 0 Å². The highest BCUT2D eigenvalue weighted by molar-refractivity contribution is 5.29. The molecule has 1 unspecified atom stereocenters. The highest BCUT2D eigenvalue weighted by Gasteiger charge is 2.08. The molecule has 1 aromatic heterocycles. The Hall–Kier alpha value is -2.14. The lowest BCUT2D eigenvalue weighted by Crippen LogP contribution is -2.27. The van der Waals surface area contributed by atoms with Gasteiger partial charge in [0.25, 0.3) is 5.56 Å². The van der Waals surface area contributed by atoms with Crippen LogP contribution in [0.3, 0.4) is 0 Å². The van der Waals surface area contributed by atoms with E-state index < -0.39 is 0 Å². The van der Waals surface area contributed by atoms with E-state index in [1.165, 1.54) is 10.7 Å². The van der Waals surface area contributed by atoms with Gasteiger partial charge in [-0.1, -0.05) is 19.1 Å². The fraction of sp³-hybridized carbons (Fsp3) is 0.333. The third-order valence-corrected chi connectivity index (χ3v) is 2.94. The second-order valence-electron chi connectivity index (χ2n) is 4.57. The highest BCUT2D eigenvalue weighted by atomic mass is 16.5. The fourth-order valence-corrected chi connectivity index (χ4v) is 1.85. The maximum atomic E-state index is 11.6. The zero-order valence-electron chi connectivity index (χ0n) is 11.5. The SMILES string of the molecule is CCCOc1ccc(C(N)Cn2ncccc2=O)cc1. The number of hydrogen-bond donors (Lipinski definition) is 1. The van der Waals surface area contributed by atoms with E-state index in [9.17, 15) is 4.79 Å². The monoisotopic (exact) mass is 273 g/mol. The molecule has 0 radical (unpaired) electrons. The molecule has 1 aromatic carbocycles. The molecule has 0 saturated carbocycles. The molecule has 1 atom stereocenters. The van der Waals surface area contributed by atoms with Crippen molar-refractivity contribution in [2.45, 2.75) is 25.9 Å². The maximum absolute atomic E-state index is 11.6. The summed E-state index contributed by atoms with van der Waals surface area (Å²) in [5.74, 6) is 0.831. The molecule has 106 valence electrons. The van der Waals surface area contributed by atoms with Gasteiger partial charge in [-0.05, 0) is 30.2 Å². The molecule has 5 nitrogen and oxygen atoms in total. The van der Waals surface area contributed by atoms with Crippen LogP contribution in [-0.4, -0.2) is 16.4 Å². The molecular weight excluding hydrogens is 254 g/mol. The number of aromatic nitrogens is 2. The Morgan fingerprint density at radius 2 is 2.05 bits per heavy atom. The van der Waals surface area contributed by atoms with Crippen molar-refractivity contribution in [2.24, 2.45) is 5.73 Å². The Kier molecular flexibility index (Phi) is 4.90. The smallest absolute Gasteiger partial charge is 0.266 e. The van der Waals surface area contributed by atoms with Gasteiger partial charge in [-0.3, -0.25) is 4.79 Å². The summed E-state index contributed by atoms with van der Waals surface area (Å²) < 4.78 is 6.89. The first-order valence-electron chi connectivity index (χ1n) is 6.71. The predicted octanol–water partition coefficient (Wildman–Crippen LogP) is 1.73. The molecule has 0 spiro atoms. The van der Waals surface area contributed by atoms with Crippen LogP contribution < -0.4 is 16.0 Å². The first-order valence-corrected chi connectivity index (χ1v) is 6.71. The molecule has 0 bridgehead atoms. The fourth-order valence-electron chi connectivity index (χ4n) is 1.85. The van der Waals surface area contributed by atoms with E-state index in [1.54, 1.807) is 12.3 Å². The summed E-state index contributed by atoms with van der Waals surface area (Å²) in [4.78, 5) is 11.6. The molecule has 2 rings (SSSR count). The van der Waals surface area contributed by atoms with Gasteiger partial charge in [0.1, 0.15) is 5.75 Å². The van der Waals surface area contributed by atoms with Crippen molar-refractivity contribution in [1.82, 2.24) is 9.78 Å². The molecule has 20 heavy (non-hydrogen) atoms. The second-order valence-corrected chi connectivity index (χ2v) is 4.57. The first kappa shape index (κ1) is 14.3. The molecule has 0 aliphatic carbocycles.